The average molecular weight is 214 g/mol. The van der Waals surface area contributed by atoms with Gasteiger partial charge in [-0.25, -0.2) is 8.42 Å². The summed E-state index contributed by atoms with van der Waals surface area (Å²) in [7, 11) is -1.35. The zero-order valence-corrected chi connectivity index (χ0v) is 9.06. The van der Waals surface area contributed by atoms with E-state index in [1.165, 1.54) is 0 Å². The standard InChI is InChI=1S/C9H14N2O2S/c1-3-14(12,13)11-9-6-4-8(10-2)5-7-9/h4-7,10-11H,3H2,1-2H3. The normalized spacial score (nSPS) is 11.0. The van der Waals surface area contributed by atoms with E-state index in [2.05, 4.69) is 10.0 Å². The van der Waals surface area contributed by atoms with E-state index in [4.69, 9.17) is 0 Å². The van der Waals surface area contributed by atoms with Crippen molar-refractivity contribution in [2.75, 3.05) is 22.8 Å². The molecule has 14 heavy (non-hydrogen) atoms. The van der Waals surface area contributed by atoms with Crippen LogP contribution in [0.1, 0.15) is 6.92 Å². The van der Waals surface area contributed by atoms with Crippen LogP contribution in [0.15, 0.2) is 24.3 Å². The highest BCUT2D eigenvalue weighted by molar-refractivity contribution is 7.92. The summed E-state index contributed by atoms with van der Waals surface area (Å²) in [4.78, 5) is 0. The molecule has 1 rings (SSSR count). The van der Waals surface area contributed by atoms with Crippen LogP contribution in [0, 0.1) is 0 Å². The van der Waals surface area contributed by atoms with Gasteiger partial charge in [0.2, 0.25) is 10.0 Å². The van der Waals surface area contributed by atoms with Crippen LogP contribution in [0.2, 0.25) is 0 Å². The van der Waals surface area contributed by atoms with Gasteiger partial charge in [-0.1, -0.05) is 0 Å². The van der Waals surface area contributed by atoms with Crippen LogP contribution >= 0.6 is 0 Å². The molecule has 0 fully saturated rings. The molecule has 4 nitrogen and oxygen atoms in total. The second-order valence-corrected chi connectivity index (χ2v) is 4.84. The van der Waals surface area contributed by atoms with Crippen LogP contribution in [0.25, 0.3) is 0 Å². The van der Waals surface area contributed by atoms with Crippen LogP contribution in [0.4, 0.5) is 11.4 Å². The molecule has 0 spiro atoms. The fourth-order valence-corrected chi connectivity index (χ4v) is 1.60. The van der Waals surface area contributed by atoms with E-state index in [1.54, 1.807) is 19.1 Å². The summed E-state index contributed by atoms with van der Waals surface area (Å²) >= 11 is 0. The van der Waals surface area contributed by atoms with Gasteiger partial charge in [-0.2, -0.15) is 0 Å². The Labute approximate surface area is 84.4 Å². The zero-order chi connectivity index (χ0) is 10.6. The molecule has 0 bridgehead atoms. The minimum atomic E-state index is -3.16. The molecule has 2 N–H and O–H groups in total. The Morgan fingerprint density at radius 2 is 1.64 bits per heavy atom. The molecule has 0 atom stereocenters. The summed E-state index contributed by atoms with van der Waals surface area (Å²) in [6.45, 7) is 1.60. The van der Waals surface area contributed by atoms with Crippen LogP contribution in [-0.2, 0) is 10.0 Å². The Balaban J connectivity index is 2.79. The molecule has 0 aliphatic rings. The number of hydrogen-bond donors (Lipinski definition) is 2. The number of sulfonamides is 1. The van der Waals surface area contributed by atoms with E-state index < -0.39 is 10.0 Å². The Bertz CT molecular complexity index is 384. The molecule has 0 unspecified atom stereocenters. The molecule has 0 heterocycles. The largest absolute Gasteiger partial charge is 0.388 e. The lowest BCUT2D eigenvalue weighted by Gasteiger charge is -2.06. The van der Waals surface area contributed by atoms with Crippen molar-refractivity contribution in [1.29, 1.82) is 0 Å². The first-order valence-corrected chi connectivity index (χ1v) is 6.01. The highest BCUT2D eigenvalue weighted by Gasteiger charge is 2.05. The van der Waals surface area contributed by atoms with E-state index in [0.717, 1.165) is 5.69 Å². The third-order valence-corrected chi connectivity index (χ3v) is 3.13. The first-order chi connectivity index (χ1) is 6.57. The molecule has 0 saturated heterocycles. The Kier molecular flexibility index (Phi) is 3.35. The molecule has 0 aliphatic carbocycles. The topological polar surface area (TPSA) is 58.2 Å². The molecule has 0 aromatic heterocycles. The van der Waals surface area contributed by atoms with Crippen LogP contribution < -0.4 is 10.0 Å². The zero-order valence-electron chi connectivity index (χ0n) is 8.24. The predicted octanol–water partition coefficient (Wildman–Crippen LogP) is 1.49. The Morgan fingerprint density at radius 1 is 1.14 bits per heavy atom. The number of hydrogen-bond acceptors (Lipinski definition) is 3. The molecule has 5 heteroatoms. The van der Waals surface area contributed by atoms with Crippen LogP contribution in [0.5, 0.6) is 0 Å². The van der Waals surface area contributed by atoms with Gasteiger partial charge in [0, 0.05) is 18.4 Å². The first kappa shape index (κ1) is 10.8. The van der Waals surface area contributed by atoms with Crippen LogP contribution in [0.3, 0.4) is 0 Å². The fourth-order valence-electron chi connectivity index (χ4n) is 0.957. The van der Waals surface area contributed by atoms with Crippen molar-refractivity contribution in [3.05, 3.63) is 24.3 Å². The van der Waals surface area contributed by atoms with E-state index in [-0.39, 0.29) is 5.75 Å². The maximum Gasteiger partial charge on any atom is 0.232 e. The Hall–Kier alpha value is -1.23. The summed E-state index contributed by atoms with van der Waals surface area (Å²) in [6.07, 6.45) is 0. The predicted molar refractivity (Wildman–Crippen MR) is 59.1 cm³/mol. The van der Waals surface area contributed by atoms with Gasteiger partial charge in [0.1, 0.15) is 0 Å². The third kappa shape index (κ3) is 2.92. The number of nitrogens with one attached hydrogen (secondary N) is 2. The summed E-state index contributed by atoms with van der Waals surface area (Å²) in [5, 5.41) is 2.95. The van der Waals surface area contributed by atoms with E-state index >= 15 is 0 Å². The molecule has 78 valence electrons. The monoisotopic (exact) mass is 214 g/mol. The lowest BCUT2D eigenvalue weighted by Crippen LogP contribution is -2.14. The van der Waals surface area contributed by atoms with Crippen molar-refractivity contribution < 1.29 is 8.42 Å². The van der Waals surface area contributed by atoms with Gasteiger partial charge in [-0.05, 0) is 31.2 Å². The Morgan fingerprint density at radius 3 is 2.07 bits per heavy atom. The minimum Gasteiger partial charge on any atom is -0.388 e. The highest BCUT2D eigenvalue weighted by atomic mass is 32.2. The molecule has 0 radical (unpaired) electrons. The molecule has 0 saturated carbocycles. The minimum absolute atomic E-state index is 0.0841. The van der Waals surface area contributed by atoms with Gasteiger partial charge >= 0.3 is 0 Å². The molecule has 0 amide bonds. The van der Waals surface area contributed by atoms with E-state index in [1.807, 2.05) is 19.2 Å². The van der Waals surface area contributed by atoms with Gasteiger partial charge in [0.05, 0.1) is 5.75 Å². The molecular formula is C9H14N2O2S. The molecule has 1 aromatic rings. The first-order valence-electron chi connectivity index (χ1n) is 4.35. The second kappa shape index (κ2) is 4.32. The lowest BCUT2D eigenvalue weighted by atomic mass is 10.3. The van der Waals surface area contributed by atoms with Crippen molar-refractivity contribution in [2.24, 2.45) is 0 Å². The van der Waals surface area contributed by atoms with Crippen LogP contribution in [-0.4, -0.2) is 21.2 Å². The van der Waals surface area contributed by atoms with Crippen molar-refractivity contribution in [3.63, 3.8) is 0 Å². The van der Waals surface area contributed by atoms with Crippen molar-refractivity contribution in [3.8, 4) is 0 Å². The molecule has 0 aliphatic heterocycles. The maximum absolute atomic E-state index is 11.2. The van der Waals surface area contributed by atoms with Gasteiger partial charge in [-0.3, -0.25) is 4.72 Å². The number of anilines is 2. The smallest absolute Gasteiger partial charge is 0.232 e. The number of benzene rings is 1. The third-order valence-electron chi connectivity index (χ3n) is 1.83. The van der Waals surface area contributed by atoms with Crippen molar-refractivity contribution >= 4 is 21.4 Å². The lowest BCUT2D eigenvalue weighted by molar-refractivity contribution is 0.602. The van der Waals surface area contributed by atoms with Crippen molar-refractivity contribution in [2.45, 2.75) is 6.92 Å². The van der Waals surface area contributed by atoms with Gasteiger partial charge in [0.25, 0.3) is 0 Å². The summed E-state index contributed by atoms with van der Waals surface area (Å²) in [5.74, 6) is 0.0841. The SMILES string of the molecule is CCS(=O)(=O)Nc1ccc(NC)cc1. The van der Waals surface area contributed by atoms with Gasteiger partial charge in [0.15, 0.2) is 0 Å². The highest BCUT2D eigenvalue weighted by Crippen LogP contribution is 2.13. The second-order valence-electron chi connectivity index (χ2n) is 2.83. The number of rotatable bonds is 4. The fraction of sp³-hybridized carbons (Fsp3) is 0.333. The molecule has 1 aromatic carbocycles. The van der Waals surface area contributed by atoms with Crippen molar-refractivity contribution in [1.82, 2.24) is 0 Å². The maximum atomic E-state index is 11.2. The van der Waals surface area contributed by atoms with Gasteiger partial charge in [-0.15, -0.1) is 0 Å². The summed E-state index contributed by atoms with van der Waals surface area (Å²) in [6, 6.07) is 7.07. The average Bonchev–Trinajstić information content (AvgIpc) is 2.19. The summed E-state index contributed by atoms with van der Waals surface area (Å²) < 4.78 is 24.9. The molecular weight excluding hydrogens is 200 g/mol. The van der Waals surface area contributed by atoms with E-state index in [9.17, 15) is 8.42 Å². The van der Waals surface area contributed by atoms with E-state index in [0.29, 0.717) is 5.69 Å². The summed E-state index contributed by atoms with van der Waals surface area (Å²) in [5.41, 5.74) is 1.54. The van der Waals surface area contributed by atoms with Gasteiger partial charge < -0.3 is 5.32 Å². The quantitative estimate of drug-likeness (QED) is 0.798.